The highest BCUT2D eigenvalue weighted by molar-refractivity contribution is 6.30. The van der Waals surface area contributed by atoms with Gasteiger partial charge in [-0.15, -0.1) is 0 Å². The van der Waals surface area contributed by atoms with Gasteiger partial charge < -0.3 is 4.89 Å². The Morgan fingerprint density at radius 1 is 1.67 bits per heavy atom. The lowest BCUT2D eigenvalue weighted by molar-refractivity contribution is -0.137. The predicted octanol–water partition coefficient (Wildman–Crippen LogP) is 1.59. The molecule has 3 nitrogen and oxygen atoms in total. The van der Waals surface area contributed by atoms with Crippen LogP contribution in [0, 0.1) is 0 Å². The first-order valence-corrected chi connectivity index (χ1v) is 2.64. The number of rotatable bonds is 1. The Morgan fingerprint density at radius 3 is 2.89 bits per heavy atom. The number of hydrogen-bond donors (Lipinski definition) is 1. The first kappa shape index (κ1) is 6.32. The van der Waals surface area contributed by atoms with Gasteiger partial charge in [0.1, 0.15) is 0 Å². The van der Waals surface area contributed by atoms with Gasteiger partial charge in [-0.05, 0) is 12.1 Å². The first-order chi connectivity index (χ1) is 4.34. The minimum absolute atomic E-state index is 0.153. The molecule has 1 heterocycles. The van der Waals surface area contributed by atoms with E-state index in [9.17, 15) is 0 Å². The van der Waals surface area contributed by atoms with Gasteiger partial charge in [-0.25, -0.2) is 10.2 Å². The van der Waals surface area contributed by atoms with Crippen LogP contribution in [0.2, 0.25) is 5.15 Å². The maximum absolute atomic E-state index is 8.09. The van der Waals surface area contributed by atoms with Crippen molar-refractivity contribution in [3.8, 4) is 5.75 Å². The molecular weight excluding hydrogens is 142 g/mol. The Balaban J connectivity index is 3.01. The van der Waals surface area contributed by atoms with Crippen molar-refractivity contribution in [3.63, 3.8) is 0 Å². The Morgan fingerprint density at radius 2 is 2.44 bits per heavy atom. The monoisotopic (exact) mass is 145 g/mol. The lowest BCUT2D eigenvalue weighted by Crippen LogP contribution is -1.85. The molecule has 48 valence electrons. The third kappa shape index (κ3) is 1.31. The summed E-state index contributed by atoms with van der Waals surface area (Å²) in [5, 5.41) is 8.25. The third-order valence-corrected chi connectivity index (χ3v) is 1.11. The van der Waals surface area contributed by atoms with Crippen molar-refractivity contribution in [1.82, 2.24) is 4.98 Å². The molecule has 0 atom stereocenters. The Hall–Kier alpha value is -0.800. The molecule has 0 aliphatic rings. The van der Waals surface area contributed by atoms with E-state index in [1.165, 1.54) is 12.3 Å². The normalized spacial score (nSPS) is 9.11. The van der Waals surface area contributed by atoms with Crippen molar-refractivity contribution in [2.75, 3.05) is 0 Å². The van der Waals surface area contributed by atoms with E-state index in [4.69, 9.17) is 16.9 Å². The van der Waals surface area contributed by atoms with Crippen molar-refractivity contribution < 1.29 is 10.1 Å². The average molecular weight is 146 g/mol. The van der Waals surface area contributed by atoms with E-state index in [1.807, 2.05) is 0 Å². The van der Waals surface area contributed by atoms with Gasteiger partial charge >= 0.3 is 0 Å². The fourth-order valence-electron chi connectivity index (χ4n) is 0.439. The first-order valence-electron chi connectivity index (χ1n) is 2.26. The second-order valence-corrected chi connectivity index (χ2v) is 1.74. The molecule has 0 fully saturated rings. The molecule has 0 aromatic carbocycles. The van der Waals surface area contributed by atoms with Gasteiger partial charge in [0.25, 0.3) is 0 Å². The van der Waals surface area contributed by atoms with E-state index in [0.717, 1.165) is 0 Å². The van der Waals surface area contributed by atoms with Crippen LogP contribution in [0.4, 0.5) is 0 Å². The Kier molecular flexibility index (Phi) is 1.87. The molecule has 0 spiro atoms. The Labute approximate surface area is 56.8 Å². The fourth-order valence-corrected chi connectivity index (χ4v) is 0.593. The molecular formula is C5H4ClNO2. The minimum Gasteiger partial charge on any atom is -0.337 e. The number of halogens is 1. The van der Waals surface area contributed by atoms with Crippen LogP contribution < -0.4 is 4.89 Å². The molecule has 0 amide bonds. The molecule has 0 saturated carbocycles. The standard InChI is InChI=1S/C5H4ClNO2/c6-5-4(9-8)2-1-3-7-5/h1-3,8H. The van der Waals surface area contributed by atoms with Crippen molar-refractivity contribution in [3.05, 3.63) is 23.5 Å². The van der Waals surface area contributed by atoms with Gasteiger partial charge in [0, 0.05) is 6.20 Å². The minimum atomic E-state index is 0.153. The van der Waals surface area contributed by atoms with Crippen molar-refractivity contribution in [2.45, 2.75) is 0 Å². The second kappa shape index (κ2) is 2.66. The third-order valence-electron chi connectivity index (χ3n) is 0.823. The molecule has 0 bridgehead atoms. The van der Waals surface area contributed by atoms with E-state index in [0.29, 0.717) is 0 Å². The van der Waals surface area contributed by atoms with Gasteiger partial charge in [-0.3, -0.25) is 0 Å². The van der Waals surface area contributed by atoms with Gasteiger partial charge in [0.05, 0.1) is 0 Å². The summed E-state index contributed by atoms with van der Waals surface area (Å²) >= 11 is 5.43. The topological polar surface area (TPSA) is 42.4 Å². The molecule has 1 aromatic heterocycles. The molecule has 0 aliphatic carbocycles. The molecule has 0 aliphatic heterocycles. The van der Waals surface area contributed by atoms with Crippen LogP contribution in [0.3, 0.4) is 0 Å². The summed E-state index contributed by atoms with van der Waals surface area (Å²) in [5.41, 5.74) is 0. The Bertz CT molecular complexity index is 204. The van der Waals surface area contributed by atoms with Crippen LogP contribution >= 0.6 is 11.6 Å². The van der Waals surface area contributed by atoms with Crippen LogP contribution in [0.1, 0.15) is 0 Å². The molecule has 1 rings (SSSR count). The predicted molar refractivity (Wildman–Crippen MR) is 32.5 cm³/mol. The zero-order chi connectivity index (χ0) is 6.69. The van der Waals surface area contributed by atoms with Crippen molar-refractivity contribution in [1.29, 1.82) is 0 Å². The molecule has 0 radical (unpaired) electrons. The summed E-state index contributed by atoms with van der Waals surface area (Å²) in [7, 11) is 0. The van der Waals surface area contributed by atoms with E-state index < -0.39 is 0 Å². The summed E-state index contributed by atoms with van der Waals surface area (Å²) in [6.07, 6.45) is 1.50. The van der Waals surface area contributed by atoms with Gasteiger partial charge in [0.15, 0.2) is 5.15 Å². The number of hydrogen-bond acceptors (Lipinski definition) is 3. The zero-order valence-corrected chi connectivity index (χ0v) is 5.17. The van der Waals surface area contributed by atoms with Crippen LogP contribution in [-0.4, -0.2) is 10.2 Å². The molecule has 4 heteroatoms. The van der Waals surface area contributed by atoms with Gasteiger partial charge in [0.2, 0.25) is 5.75 Å². The smallest absolute Gasteiger partial charge is 0.202 e. The largest absolute Gasteiger partial charge is 0.337 e. The van der Waals surface area contributed by atoms with E-state index in [2.05, 4.69) is 9.87 Å². The highest BCUT2D eigenvalue weighted by Crippen LogP contribution is 2.18. The van der Waals surface area contributed by atoms with E-state index in [-0.39, 0.29) is 10.9 Å². The zero-order valence-electron chi connectivity index (χ0n) is 4.41. The molecule has 1 N–H and O–H groups in total. The summed E-state index contributed by atoms with van der Waals surface area (Å²) in [6, 6.07) is 3.12. The number of aromatic nitrogens is 1. The number of nitrogens with zero attached hydrogens (tertiary/aromatic N) is 1. The lowest BCUT2D eigenvalue weighted by Gasteiger charge is -1.94. The van der Waals surface area contributed by atoms with Crippen LogP contribution in [0.15, 0.2) is 18.3 Å². The lowest BCUT2D eigenvalue weighted by atomic mass is 10.5. The van der Waals surface area contributed by atoms with E-state index >= 15 is 0 Å². The summed E-state index contributed by atoms with van der Waals surface area (Å²) in [6.45, 7) is 0. The maximum Gasteiger partial charge on any atom is 0.202 e. The van der Waals surface area contributed by atoms with Crippen LogP contribution in [0.5, 0.6) is 5.75 Å². The van der Waals surface area contributed by atoms with Crippen LogP contribution in [-0.2, 0) is 0 Å². The molecule has 1 aromatic rings. The molecule has 0 unspecified atom stereocenters. The number of pyridine rings is 1. The SMILES string of the molecule is OOc1cccnc1Cl. The van der Waals surface area contributed by atoms with Crippen molar-refractivity contribution >= 4 is 11.6 Å². The maximum atomic E-state index is 8.09. The summed E-state index contributed by atoms with van der Waals surface area (Å²) < 4.78 is 0. The molecule has 0 saturated heterocycles. The van der Waals surface area contributed by atoms with Gasteiger partial charge in [-0.2, -0.15) is 0 Å². The average Bonchev–Trinajstić information content (AvgIpc) is 1.89. The van der Waals surface area contributed by atoms with Gasteiger partial charge in [-0.1, -0.05) is 11.6 Å². The highest BCUT2D eigenvalue weighted by atomic mass is 35.5. The van der Waals surface area contributed by atoms with Crippen LogP contribution in [0.25, 0.3) is 0 Å². The quantitative estimate of drug-likeness (QED) is 0.371. The van der Waals surface area contributed by atoms with Crippen molar-refractivity contribution in [2.24, 2.45) is 0 Å². The second-order valence-electron chi connectivity index (χ2n) is 1.38. The highest BCUT2D eigenvalue weighted by Gasteiger charge is 1.97. The molecule has 9 heavy (non-hydrogen) atoms. The summed E-state index contributed by atoms with van der Waals surface area (Å²) in [4.78, 5) is 7.48. The fraction of sp³-hybridized carbons (Fsp3) is 0. The summed E-state index contributed by atoms with van der Waals surface area (Å²) in [5.74, 6) is 0.166. The van der Waals surface area contributed by atoms with E-state index in [1.54, 1.807) is 6.07 Å².